The third-order valence-electron chi connectivity index (χ3n) is 4.18. The monoisotopic (exact) mass is 343 g/mol. The first kappa shape index (κ1) is 16.8. The molecule has 0 radical (unpaired) electrons. The second-order valence-corrected chi connectivity index (χ2v) is 7.38. The minimum Gasteiger partial charge on any atom is -0.326 e. The maximum Gasteiger partial charge on any atom is 0.257 e. The van der Waals surface area contributed by atoms with Gasteiger partial charge in [0.2, 0.25) is 5.91 Å². The highest BCUT2D eigenvalue weighted by molar-refractivity contribution is 7.99. The molecule has 3 rings (SSSR count). The van der Waals surface area contributed by atoms with Crippen molar-refractivity contribution in [2.75, 3.05) is 11.1 Å². The Morgan fingerprint density at radius 2 is 2.08 bits per heavy atom. The van der Waals surface area contributed by atoms with Crippen LogP contribution in [0.2, 0.25) is 0 Å². The van der Waals surface area contributed by atoms with E-state index in [1.54, 1.807) is 17.7 Å². The molecule has 126 valence electrons. The Morgan fingerprint density at radius 3 is 2.75 bits per heavy atom. The van der Waals surface area contributed by atoms with Crippen LogP contribution < -0.4 is 10.9 Å². The van der Waals surface area contributed by atoms with Crippen LogP contribution in [0.5, 0.6) is 0 Å². The number of hydrogen-bond donors (Lipinski definition) is 1. The number of fused-ring (bicyclic) bond motifs is 1. The summed E-state index contributed by atoms with van der Waals surface area (Å²) in [6.45, 7) is 6.02. The molecule has 0 fully saturated rings. The first-order valence-corrected chi connectivity index (χ1v) is 9.05. The molecule has 24 heavy (non-hydrogen) atoms. The first-order chi connectivity index (χ1) is 11.5. The Bertz CT molecular complexity index is 812. The summed E-state index contributed by atoms with van der Waals surface area (Å²) in [5.41, 5.74) is 2.58. The Balaban J connectivity index is 1.69. The molecule has 1 N–H and O–H groups in total. The summed E-state index contributed by atoms with van der Waals surface area (Å²) in [4.78, 5) is 28.9. The lowest BCUT2D eigenvalue weighted by atomic mass is 10.0. The van der Waals surface area contributed by atoms with E-state index in [1.165, 1.54) is 17.3 Å². The molecule has 6 heteroatoms. The highest BCUT2D eigenvalue weighted by Crippen LogP contribution is 2.32. The van der Waals surface area contributed by atoms with Gasteiger partial charge in [-0.3, -0.25) is 14.2 Å². The summed E-state index contributed by atoms with van der Waals surface area (Å²) in [6, 6.07) is 7.75. The van der Waals surface area contributed by atoms with Gasteiger partial charge >= 0.3 is 0 Å². The maximum absolute atomic E-state index is 12.3. The number of anilines is 1. The number of hydrogen-bond acceptors (Lipinski definition) is 4. The molecule has 5 nitrogen and oxygen atoms in total. The van der Waals surface area contributed by atoms with Crippen molar-refractivity contribution in [1.29, 1.82) is 0 Å². The molecule has 1 aromatic carbocycles. The molecule has 0 spiro atoms. The van der Waals surface area contributed by atoms with Crippen molar-refractivity contribution in [1.82, 2.24) is 9.55 Å². The van der Waals surface area contributed by atoms with E-state index in [4.69, 9.17) is 0 Å². The van der Waals surface area contributed by atoms with Gasteiger partial charge in [0, 0.05) is 29.6 Å². The van der Waals surface area contributed by atoms with Gasteiger partial charge in [0.1, 0.15) is 0 Å². The lowest BCUT2D eigenvalue weighted by molar-refractivity contribution is -0.116. The van der Waals surface area contributed by atoms with Crippen molar-refractivity contribution < 1.29 is 4.79 Å². The molecule has 1 aliphatic rings. The van der Waals surface area contributed by atoms with Crippen LogP contribution in [0, 0.1) is 6.92 Å². The van der Waals surface area contributed by atoms with Gasteiger partial charge in [0.15, 0.2) is 5.16 Å². The van der Waals surface area contributed by atoms with Crippen molar-refractivity contribution in [2.45, 2.75) is 44.3 Å². The summed E-state index contributed by atoms with van der Waals surface area (Å²) < 4.78 is 1.65. The quantitative estimate of drug-likeness (QED) is 0.865. The van der Waals surface area contributed by atoms with Crippen molar-refractivity contribution in [3.63, 3.8) is 0 Å². The number of aryl methyl sites for hydroxylation is 1. The number of nitrogens with zero attached hydrogens (tertiary/aromatic N) is 2. The fraction of sp³-hybridized carbons (Fsp3) is 0.389. The molecule has 1 aliphatic heterocycles. The van der Waals surface area contributed by atoms with E-state index in [0.29, 0.717) is 22.4 Å². The van der Waals surface area contributed by atoms with Gasteiger partial charge in [-0.05, 0) is 30.5 Å². The number of thioether (sulfide) groups is 1. The third kappa shape index (κ3) is 3.38. The van der Waals surface area contributed by atoms with Crippen LogP contribution in [-0.4, -0.2) is 21.2 Å². The molecular formula is C18H21N3O2S. The van der Waals surface area contributed by atoms with Crippen molar-refractivity contribution in [3.8, 4) is 0 Å². The largest absolute Gasteiger partial charge is 0.326 e. The van der Waals surface area contributed by atoms with E-state index in [2.05, 4.69) is 24.1 Å². The summed E-state index contributed by atoms with van der Waals surface area (Å²) in [7, 11) is 0. The zero-order valence-electron chi connectivity index (χ0n) is 14.1. The van der Waals surface area contributed by atoms with E-state index in [9.17, 15) is 9.59 Å². The molecule has 2 aromatic rings. The topological polar surface area (TPSA) is 64.0 Å². The molecule has 0 saturated carbocycles. The lowest BCUT2D eigenvalue weighted by Crippen LogP contribution is -2.28. The van der Waals surface area contributed by atoms with Gasteiger partial charge in [0.25, 0.3) is 5.56 Å². The van der Waals surface area contributed by atoms with Gasteiger partial charge in [-0.25, -0.2) is 4.98 Å². The number of carbonyl (C=O) groups is 1. The fourth-order valence-corrected chi connectivity index (χ4v) is 3.85. The predicted octanol–water partition coefficient (Wildman–Crippen LogP) is 3.35. The van der Waals surface area contributed by atoms with Gasteiger partial charge < -0.3 is 5.32 Å². The summed E-state index contributed by atoms with van der Waals surface area (Å²) in [6.07, 6.45) is 1.87. The summed E-state index contributed by atoms with van der Waals surface area (Å²) >= 11 is 1.52. The van der Waals surface area contributed by atoms with E-state index in [-0.39, 0.29) is 23.9 Å². The van der Waals surface area contributed by atoms with Gasteiger partial charge in [0.05, 0.1) is 6.04 Å². The maximum atomic E-state index is 12.3. The van der Waals surface area contributed by atoms with Crippen LogP contribution in [0.1, 0.15) is 43.4 Å². The average molecular weight is 343 g/mol. The molecule has 2 heterocycles. The zero-order chi connectivity index (χ0) is 17.3. The number of aromatic nitrogens is 2. The number of benzene rings is 1. The zero-order valence-corrected chi connectivity index (χ0v) is 14.9. The number of amides is 1. The molecule has 0 bridgehead atoms. The van der Waals surface area contributed by atoms with Crippen LogP contribution in [-0.2, 0) is 4.79 Å². The Labute approximate surface area is 145 Å². The summed E-state index contributed by atoms with van der Waals surface area (Å²) in [5.74, 6) is 1.08. The smallest absolute Gasteiger partial charge is 0.257 e. The Hall–Kier alpha value is -2.08. The van der Waals surface area contributed by atoms with Crippen LogP contribution in [0.4, 0.5) is 5.69 Å². The van der Waals surface area contributed by atoms with Gasteiger partial charge in [-0.2, -0.15) is 0 Å². The standard InChI is InChI=1S/C18H21N3O2S/c1-11(2)13-4-6-14(7-5-13)20-16(22)8-15-10-24-18-19-9-12(3)17(23)21(15)18/h4-7,9,11,15H,8,10H2,1-3H3,(H,20,22)/t15-/m0/s1. The summed E-state index contributed by atoms with van der Waals surface area (Å²) in [5, 5.41) is 3.61. The molecule has 1 atom stereocenters. The van der Waals surface area contributed by atoms with Crippen LogP contribution in [0.25, 0.3) is 0 Å². The Morgan fingerprint density at radius 1 is 1.38 bits per heavy atom. The Kier molecular flexibility index (Phi) is 4.76. The normalized spacial score (nSPS) is 16.2. The van der Waals surface area contributed by atoms with E-state index < -0.39 is 0 Å². The van der Waals surface area contributed by atoms with Crippen LogP contribution in [0.3, 0.4) is 0 Å². The molecule has 0 unspecified atom stereocenters. The van der Waals surface area contributed by atoms with Crippen LogP contribution in [0.15, 0.2) is 40.4 Å². The van der Waals surface area contributed by atoms with Gasteiger partial charge in [-0.1, -0.05) is 37.7 Å². The molecule has 0 aliphatic carbocycles. The third-order valence-corrected chi connectivity index (χ3v) is 5.29. The van der Waals surface area contributed by atoms with E-state index in [0.717, 1.165) is 5.69 Å². The number of rotatable bonds is 4. The average Bonchev–Trinajstić information content (AvgIpc) is 2.95. The molecule has 0 saturated heterocycles. The number of carbonyl (C=O) groups excluding carboxylic acids is 1. The molecular weight excluding hydrogens is 322 g/mol. The van der Waals surface area contributed by atoms with E-state index in [1.807, 2.05) is 24.3 Å². The van der Waals surface area contributed by atoms with Crippen LogP contribution >= 0.6 is 11.8 Å². The SMILES string of the molecule is Cc1cnc2n(c1=O)[C@@H](CC(=O)Nc1ccc(C(C)C)cc1)CS2. The van der Waals surface area contributed by atoms with Crippen molar-refractivity contribution >= 4 is 23.4 Å². The minimum absolute atomic E-state index is 0.0518. The highest BCUT2D eigenvalue weighted by atomic mass is 32.2. The van der Waals surface area contributed by atoms with E-state index >= 15 is 0 Å². The molecule has 1 amide bonds. The van der Waals surface area contributed by atoms with Crippen molar-refractivity contribution in [2.24, 2.45) is 0 Å². The molecule has 1 aromatic heterocycles. The fourth-order valence-electron chi connectivity index (χ4n) is 2.75. The second kappa shape index (κ2) is 6.81. The predicted molar refractivity (Wildman–Crippen MR) is 96.8 cm³/mol. The van der Waals surface area contributed by atoms with Crippen molar-refractivity contribution in [3.05, 3.63) is 51.9 Å². The minimum atomic E-state index is -0.139. The second-order valence-electron chi connectivity index (χ2n) is 6.39. The first-order valence-electron chi connectivity index (χ1n) is 8.06. The number of nitrogens with one attached hydrogen (secondary N) is 1. The van der Waals surface area contributed by atoms with Gasteiger partial charge in [-0.15, -0.1) is 0 Å². The lowest BCUT2D eigenvalue weighted by Gasteiger charge is -2.14. The highest BCUT2D eigenvalue weighted by Gasteiger charge is 2.27.